The maximum Gasteiger partial charge on any atom is 0.226 e. The molecule has 5 nitrogen and oxygen atoms in total. The lowest BCUT2D eigenvalue weighted by molar-refractivity contribution is -0.139. The molecule has 0 saturated heterocycles. The Balaban J connectivity index is 1.71. The topological polar surface area (TPSA) is 47.4 Å². The quantitative estimate of drug-likeness (QED) is 0.724. The molecule has 0 bridgehead atoms. The Kier molecular flexibility index (Phi) is 6.10. The summed E-state index contributed by atoms with van der Waals surface area (Å²) in [5.74, 6) is 1.28. The Morgan fingerprint density at radius 1 is 1.44 bits per heavy atom. The van der Waals surface area contributed by atoms with Gasteiger partial charge in [0.2, 0.25) is 5.91 Å². The van der Waals surface area contributed by atoms with E-state index in [1.807, 2.05) is 35.4 Å². The van der Waals surface area contributed by atoms with Crippen LogP contribution in [0.5, 0.6) is 0 Å². The zero-order valence-electron chi connectivity index (χ0n) is 14.5. The number of hydrogen-bond acceptors (Lipinski definition) is 3. The van der Waals surface area contributed by atoms with Gasteiger partial charge in [0, 0.05) is 43.5 Å². The highest BCUT2D eigenvalue weighted by molar-refractivity contribution is 6.30. The van der Waals surface area contributed by atoms with Crippen LogP contribution in [0.2, 0.25) is 5.02 Å². The first-order valence-electron chi connectivity index (χ1n) is 8.69. The number of amides is 1. The van der Waals surface area contributed by atoms with E-state index in [0.717, 1.165) is 35.7 Å². The van der Waals surface area contributed by atoms with Crippen LogP contribution in [-0.4, -0.2) is 40.6 Å². The molecule has 1 fully saturated rings. The molecule has 0 N–H and O–H groups in total. The first-order chi connectivity index (χ1) is 12.2. The van der Waals surface area contributed by atoms with E-state index in [0.29, 0.717) is 26.2 Å². The predicted octanol–water partition coefficient (Wildman–Crippen LogP) is 3.36. The van der Waals surface area contributed by atoms with Crippen molar-refractivity contribution < 1.29 is 9.53 Å². The Bertz CT molecular complexity index is 712. The average Bonchev–Trinajstić information content (AvgIpc) is 2.96. The number of methoxy groups -OCH3 is 1. The number of rotatable bonds is 8. The van der Waals surface area contributed by atoms with Gasteiger partial charge in [-0.1, -0.05) is 30.2 Å². The number of benzene rings is 1. The molecule has 25 heavy (non-hydrogen) atoms. The highest BCUT2D eigenvalue weighted by Crippen LogP contribution is 2.28. The number of hydrogen-bond donors (Lipinski definition) is 0. The maximum absolute atomic E-state index is 12.7. The van der Waals surface area contributed by atoms with Gasteiger partial charge in [0.1, 0.15) is 5.82 Å². The minimum absolute atomic E-state index is 0.174. The van der Waals surface area contributed by atoms with Gasteiger partial charge in [0.05, 0.1) is 13.2 Å². The average molecular weight is 362 g/mol. The van der Waals surface area contributed by atoms with E-state index in [-0.39, 0.29) is 11.8 Å². The van der Waals surface area contributed by atoms with Crippen LogP contribution >= 0.6 is 11.6 Å². The minimum atomic E-state index is 0.174. The minimum Gasteiger partial charge on any atom is -0.383 e. The summed E-state index contributed by atoms with van der Waals surface area (Å²) in [5, 5.41) is 0.723. The number of imidazole rings is 1. The van der Waals surface area contributed by atoms with Crippen molar-refractivity contribution in [2.45, 2.75) is 32.4 Å². The first-order valence-corrected chi connectivity index (χ1v) is 9.07. The highest BCUT2D eigenvalue weighted by Gasteiger charge is 2.29. The molecule has 6 heteroatoms. The van der Waals surface area contributed by atoms with Crippen molar-refractivity contribution in [1.82, 2.24) is 14.5 Å². The summed E-state index contributed by atoms with van der Waals surface area (Å²) >= 11 is 6.07. The number of aromatic nitrogens is 2. The standard InChI is InChI=1S/C19H24ClN3O2/c1-25-11-10-23(19(24)16-5-3-6-16)14-18-21-8-9-22(18)13-15-4-2-7-17(20)12-15/h2,4,7-9,12,16H,3,5-6,10-11,13-14H2,1H3. The van der Waals surface area contributed by atoms with Gasteiger partial charge in [-0.2, -0.15) is 0 Å². The summed E-state index contributed by atoms with van der Waals surface area (Å²) in [6.45, 7) is 2.32. The van der Waals surface area contributed by atoms with Gasteiger partial charge >= 0.3 is 0 Å². The van der Waals surface area contributed by atoms with Gasteiger partial charge in [-0.05, 0) is 30.5 Å². The zero-order chi connectivity index (χ0) is 17.6. The summed E-state index contributed by atoms with van der Waals surface area (Å²) in [6, 6.07) is 7.80. The van der Waals surface area contributed by atoms with Gasteiger partial charge in [0.15, 0.2) is 0 Å². The molecule has 134 valence electrons. The third-order valence-corrected chi connectivity index (χ3v) is 4.94. The molecule has 0 aliphatic heterocycles. The third kappa shape index (κ3) is 4.61. The van der Waals surface area contributed by atoms with E-state index in [1.165, 1.54) is 0 Å². The fourth-order valence-electron chi connectivity index (χ4n) is 3.02. The van der Waals surface area contributed by atoms with Crippen LogP contribution in [0.25, 0.3) is 0 Å². The second kappa shape index (κ2) is 8.50. The van der Waals surface area contributed by atoms with E-state index in [9.17, 15) is 4.79 Å². The molecule has 2 aromatic rings. The molecule has 1 saturated carbocycles. The SMILES string of the molecule is COCCN(Cc1nccn1Cc1cccc(Cl)c1)C(=O)C1CCC1. The highest BCUT2D eigenvalue weighted by atomic mass is 35.5. The van der Waals surface area contributed by atoms with Crippen LogP contribution in [-0.2, 0) is 22.6 Å². The molecule has 1 aromatic heterocycles. The molecule has 0 unspecified atom stereocenters. The van der Waals surface area contributed by atoms with Crippen molar-refractivity contribution >= 4 is 17.5 Å². The molecule has 0 radical (unpaired) electrons. The van der Waals surface area contributed by atoms with Crippen LogP contribution in [0.1, 0.15) is 30.7 Å². The summed E-state index contributed by atoms with van der Waals surface area (Å²) in [4.78, 5) is 19.0. The van der Waals surface area contributed by atoms with E-state index < -0.39 is 0 Å². The molecule has 3 rings (SSSR count). The van der Waals surface area contributed by atoms with Crippen LogP contribution in [0.15, 0.2) is 36.7 Å². The lowest BCUT2D eigenvalue weighted by Crippen LogP contribution is -2.40. The van der Waals surface area contributed by atoms with Crippen molar-refractivity contribution in [3.05, 3.63) is 53.1 Å². The molecular formula is C19H24ClN3O2. The van der Waals surface area contributed by atoms with Crippen molar-refractivity contribution in [2.75, 3.05) is 20.3 Å². The second-order valence-corrected chi connectivity index (χ2v) is 6.92. The number of ether oxygens (including phenoxy) is 1. The third-order valence-electron chi connectivity index (χ3n) is 4.71. The van der Waals surface area contributed by atoms with Crippen molar-refractivity contribution in [3.63, 3.8) is 0 Å². The molecule has 1 aromatic carbocycles. The van der Waals surface area contributed by atoms with Gasteiger partial charge in [0.25, 0.3) is 0 Å². The lowest BCUT2D eigenvalue weighted by atomic mass is 9.84. The number of halogens is 1. The molecule has 1 aliphatic rings. The van der Waals surface area contributed by atoms with Crippen LogP contribution in [0, 0.1) is 5.92 Å². The molecular weight excluding hydrogens is 338 g/mol. The predicted molar refractivity (Wildman–Crippen MR) is 97.4 cm³/mol. The number of carbonyl (C=O) groups is 1. The van der Waals surface area contributed by atoms with Gasteiger partial charge in [-0.25, -0.2) is 4.98 Å². The number of carbonyl (C=O) groups excluding carboxylic acids is 1. The zero-order valence-corrected chi connectivity index (χ0v) is 15.3. The Hall–Kier alpha value is -1.85. The summed E-state index contributed by atoms with van der Waals surface area (Å²) in [5.41, 5.74) is 1.11. The molecule has 0 atom stereocenters. The Morgan fingerprint density at radius 2 is 2.28 bits per heavy atom. The van der Waals surface area contributed by atoms with Crippen LogP contribution in [0.4, 0.5) is 0 Å². The fourth-order valence-corrected chi connectivity index (χ4v) is 3.23. The van der Waals surface area contributed by atoms with E-state index in [2.05, 4.69) is 9.55 Å². The monoisotopic (exact) mass is 361 g/mol. The molecule has 0 spiro atoms. The second-order valence-electron chi connectivity index (χ2n) is 6.48. The smallest absolute Gasteiger partial charge is 0.226 e. The Morgan fingerprint density at radius 3 is 2.96 bits per heavy atom. The van der Waals surface area contributed by atoms with Gasteiger partial charge in [-0.3, -0.25) is 4.79 Å². The Labute approximate surface area is 153 Å². The largest absolute Gasteiger partial charge is 0.383 e. The fraction of sp³-hybridized carbons (Fsp3) is 0.474. The maximum atomic E-state index is 12.7. The molecule has 1 amide bonds. The molecule has 1 aliphatic carbocycles. The van der Waals surface area contributed by atoms with E-state index in [4.69, 9.17) is 16.3 Å². The summed E-state index contributed by atoms with van der Waals surface area (Å²) < 4.78 is 7.25. The summed E-state index contributed by atoms with van der Waals surface area (Å²) in [6.07, 6.45) is 6.87. The van der Waals surface area contributed by atoms with Gasteiger partial charge < -0.3 is 14.2 Å². The number of nitrogens with zero attached hydrogens (tertiary/aromatic N) is 3. The first kappa shape index (κ1) is 18.0. The van der Waals surface area contributed by atoms with Crippen LogP contribution < -0.4 is 0 Å². The van der Waals surface area contributed by atoms with Crippen molar-refractivity contribution in [2.24, 2.45) is 5.92 Å². The van der Waals surface area contributed by atoms with Crippen LogP contribution in [0.3, 0.4) is 0 Å². The molecule has 1 heterocycles. The normalized spacial score (nSPS) is 14.3. The summed E-state index contributed by atoms with van der Waals surface area (Å²) in [7, 11) is 1.66. The van der Waals surface area contributed by atoms with Crippen molar-refractivity contribution in [1.29, 1.82) is 0 Å². The van der Waals surface area contributed by atoms with Gasteiger partial charge in [-0.15, -0.1) is 0 Å². The van der Waals surface area contributed by atoms with Crippen molar-refractivity contribution in [3.8, 4) is 0 Å². The lowest BCUT2D eigenvalue weighted by Gasteiger charge is -2.31. The van der Waals surface area contributed by atoms with E-state index >= 15 is 0 Å². The van der Waals surface area contributed by atoms with E-state index in [1.54, 1.807) is 13.3 Å².